The second-order valence-electron chi connectivity index (χ2n) is 7.61. The number of hydrogen-bond donors (Lipinski definition) is 1. The topological polar surface area (TPSA) is 45.6 Å². The van der Waals surface area contributed by atoms with Crippen LogP contribution in [0.4, 0.5) is 0 Å². The lowest BCUT2D eigenvalue weighted by Gasteiger charge is -2.18. The zero-order valence-electron chi connectivity index (χ0n) is 18.1. The zero-order chi connectivity index (χ0) is 22.1. The van der Waals surface area contributed by atoms with Crippen LogP contribution in [0, 0.1) is 0 Å². The van der Waals surface area contributed by atoms with Gasteiger partial charge in [0, 0.05) is 30.0 Å². The van der Waals surface area contributed by atoms with Crippen LogP contribution in [0.3, 0.4) is 0 Å². The molecule has 1 aromatic heterocycles. The standard InChI is InChI=1S/C26H29BrN2O2/c1-29(2)16-18-31-24-13-9-21(10-14-24)26(20-7-11-23(27)12-8-20)25(6-4-17-30)22-5-3-15-28-19-22/h3,5,7-15,19,30H,4,6,16-18H2,1-2H3/b26-25-. The van der Waals surface area contributed by atoms with Crippen molar-refractivity contribution in [3.05, 3.63) is 94.2 Å². The lowest BCUT2D eigenvalue weighted by molar-refractivity contribution is 0.261. The molecule has 0 radical (unpaired) electrons. The third-order valence-electron chi connectivity index (χ3n) is 4.98. The molecule has 2 aromatic carbocycles. The largest absolute Gasteiger partial charge is 0.492 e. The Balaban J connectivity index is 2.05. The molecule has 31 heavy (non-hydrogen) atoms. The van der Waals surface area contributed by atoms with Crippen LogP contribution in [-0.2, 0) is 0 Å². The fraction of sp³-hybridized carbons (Fsp3) is 0.269. The number of aliphatic hydroxyl groups excluding tert-OH is 1. The molecule has 0 spiro atoms. The Morgan fingerprint density at radius 1 is 0.968 bits per heavy atom. The van der Waals surface area contributed by atoms with Crippen LogP contribution in [-0.4, -0.2) is 48.8 Å². The molecule has 3 aromatic rings. The van der Waals surface area contributed by atoms with Crippen molar-refractivity contribution in [3.63, 3.8) is 0 Å². The van der Waals surface area contributed by atoms with E-state index in [2.05, 4.69) is 68.3 Å². The second kappa shape index (κ2) is 11.8. The van der Waals surface area contributed by atoms with Crippen LogP contribution >= 0.6 is 15.9 Å². The number of allylic oxidation sites excluding steroid dienone is 1. The van der Waals surface area contributed by atoms with Gasteiger partial charge in [0.1, 0.15) is 12.4 Å². The van der Waals surface area contributed by atoms with Gasteiger partial charge in [-0.15, -0.1) is 0 Å². The highest BCUT2D eigenvalue weighted by atomic mass is 79.9. The molecule has 0 aliphatic heterocycles. The number of nitrogens with zero attached hydrogens (tertiary/aromatic N) is 2. The van der Waals surface area contributed by atoms with E-state index >= 15 is 0 Å². The van der Waals surface area contributed by atoms with E-state index in [1.807, 2.05) is 38.5 Å². The third-order valence-corrected chi connectivity index (χ3v) is 5.51. The van der Waals surface area contributed by atoms with Crippen molar-refractivity contribution >= 4 is 27.1 Å². The van der Waals surface area contributed by atoms with Gasteiger partial charge in [-0.3, -0.25) is 4.98 Å². The Bertz CT molecular complexity index is 969. The third kappa shape index (κ3) is 6.76. The number of aromatic nitrogens is 1. The highest BCUT2D eigenvalue weighted by molar-refractivity contribution is 9.10. The van der Waals surface area contributed by atoms with Gasteiger partial charge in [-0.05, 0) is 85.1 Å². The van der Waals surface area contributed by atoms with Crippen molar-refractivity contribution in [1.82, 2.24) is 9.88 Å². The molecule has 0 unspecified atom stereocenters. The molecule has 0 aliphatic carbocycles. The molecule has 0 aliphatic rings. The molecule has 1 heterocycles. The summed E-state index contributed by atoms with van der Waals surface area (Å²) in [5, 5.41) is 9.51. The first-order valence-electron chi connectivity index (χ1n) is 10.5. The summed E-state index contributed by atoms with van der Waals surface area (Å²) in [5.41, 5.74) is 5.63. The Hall–Kier alpha value is -2.47. The molecular weight excluding hydrogens is 452 g/mol. The van der Waals surface area contributed by atoms with E-state index in [1.165, 1.54) is 5.57 Å². The molecular formula is C26H29BrN2O2. The van der Waals surface area contributed by atoms with Crippen molar-refractivity contribution in [3.8, 4) is 5.75 Å². The number of benzene rings is 2. The van der Waals surface area contributed by atoms with E-state index < -0.39 is 0 Å². The molecule has 4 nitrogen and oxygen atoms in total. The van der Waals surface area contributed by atoms with E-state index in [4.69, 9.17) is 4.74 Å². The van der Waals surface area contributed by atoms with Crippen molar-refractivity contribution in [2.75, 3.05) is 33.9 Å². The van der Waals surface area contributed by atoms with Crippen LogP contribution in [0.25, 0.3) is 11.1 Å². The summed E-state index contributed by atoms with van der Waals surface area (Å²) < 4.78 is 6.92. The molecule has 0 bridgehead atoms. The van der Waals surface area contributed by atoms with E-state index in [0.717, 1.165) is 45.5 Å². The maximum absolute atomic E-state index is 9.51. The van der Waals surface area contributed by atoms with Crippen LogP contribution < -0.4 is 4.74 Å². The molecule has 0 saturated carbocycles. The van der Waals surface area contributed by atoms with Gasteiger partial charge in [0.15, 0.2) is 0 Å². The van der Waals surface area contributed by atoms with Gasteiger partial charge in [-0.2, -0.15) is 0 Å². The fourth-order valence-electron chi connectivity index (χ4n) is 3.41. The van der Waals surface area contributed by atoms with Gasteiger partial charge in [0.2, 0.25) is 0 Å². The first-order chi connectivity index (χ1) is 15.1. The predicted molar refractivity (Wildman–Crippen MR) is 131 cm³/mol. The van der Waals surface area contributed by atoms with E-state index in [0.29, 0.717) is 13.0 Å². The smallest absolute Gasteiger partial charge is 0.119 e. The number of pyridine rings is 1. The molecule has 162 valence electrons. The van der Waals surface area contributed by atoms with Crippen LogP contribution in [0.15, 0.2) is 77.5 Å². The second-order valence-corrected chi connectivity index (χ2v) is 8.52. The van der Waals surface area contributed by atoms with E-state index in [9.17, 15) is 5.11 Å². The summed E-state index contributed by atoms with van der Waals surface area (Å²) in [6.07, 6.45) is 5.13. The number of aliphatic hydroxyl groups is 1. The van der Waals surface area contributed by atoms with Crippen molar-refractivity contribution in [1.29, 1.82) is 0 Å². The van der Waals surface area contributed by atoms with Crippen LogP contribution in [0.5, 0.6) is 5.75 Å². The number of hydrogen-bond acceptors (Lipinski definition) is 4. The van der Waals surface area contributed by atoms with Gasteiger partial charge < -0.3 is 14.7 Å². The van der Waals surface area contributed by atoms with Gasteiger partial charge in [-0.1, -0.05) is 46.3 Å². The molecule has 5 heteroatoms. The number of halogens is 1. The fourth-order valence-corrected chi connectivity index (χ4v) is 3.67. The molecule has 0 atom stereocenters. The maximum atomic E-state index is 9.51. The van der Waals surface area contributed by atoms with Crippen molar-refractivity contribution < 1.29 is 9.84 Å². The summed E-state index contributed by atoms with van der Waals surface area (Å²) in [7, 11) is 4.07. The minimum absolute atomic E-state index is 0.149. The highest BCUT2D eigenvalue weighted by Gasteiger charge is 2.15. The predicted octanol–water partition coefficient (Wildman–Crippen LogP) is 5.52. The number of likely N-dealkylation sites (N-methyl/N-ethyl adjacent to an activating group) is 1. The minimum atomic E-state index is 0.149. The molecule has 3 rings (SSSR count). The summed E-state index contributed by atoms with van der Waals surface area (Å²) >= 11 is 3.54. The van der Waals surface area contributed by atoms with Gasteiger partial charge in [0.05, 0.1) is 0 Å². The minimum Gasteiger partial charge on any atom is -0.492 e. The van der Waals surface area contributed by atoms with Gasteiger partial charge >= 0.3 is 0 Å². The first-order valence-corrected chi connectivity index (χ1v) is 11.3. The number of rotatable bonds is 10. The number of ether oxygens (including phenoxy) is 1. The van der Waals surface area contributed by atoms with E-state index in [-0.39, 0.29) is 6.61 Å². The average molecular weight is 481 g/mol. The van der Waals surface area contributed by atoms with Crippen molar-refractivity contribution in [2.45, 2.75) is 12.8 Å². The lowest BCUT2D eigenvalue weighted by atomic mass is 9.88. The zero-order valence-corrected chi connectivity index (χ0v) is 19.7. The Morgan fingerprint density at radius 2 is 1.65 bits per heavy atom. The Kier molecular flexibility index (Phi) is 8.83. The molecule has 1 N–H and O–H groups in total. The lowest BCUT2D eigenvalue weighted by Crippen LogP contribution is -2.19. The summed E-state index contributed by atoms with van der Waals surface area (Å²) in [4.78, 5) is 6.43. The Morgan fingerprint density at radius 3 is 2.23 bits per heavy atom. The molecule has 0 amide bonds. The molecule has 0 saturated heterocycles. The van der Waals surface area contributed by atoms with Crippen LogP contribution in [0.2, 0.25) is 0 Å². The van der Waals surface area contributed by atoms with Gasteiger partial charge in [-0.25, -0.2) is 0 Å². The van der Waals surface area contributed by atoms with E-state index in [1.54, 1.807) is 6.20 Å². The summed E-state index contributed by atoms with van der Waals surface area (Å²) in [5.74, 6) is 0.860. The Labute approximate surface area is 193 Å². The first kappa shape index (κ1) is 23.2. The summed E-state index contributed by atoms with van der Waals surface area (Å²) in [6.45, 7) is 1.67. The SMILES string of the molecule is CN(C)CCOc1ccc(/C(=C(/CCCO)c2cccnc2)c2ccc(Br)cc2)cc1. The average Bonchev–Trinajstić information content (AvgIpc) is 2.79. The summed E-state index contributed by atoms with van der Waals surface area (Å²) in [6, 6.07) is 20.7. The highest BCUT2D eigenvalue weighted by Crippen LogP contribution is 2.36. The normalized spacial score (nSPS) is 12.0. The van der Waals surface area contributed by atoms with Crippen LogP contribution in [0.1, 0.15) is 29.5 Å². The quantitative estimate of drug-likeness (QED) is 0.415. The maximum Gasteiger partial charge on any atom is 0.119 e. The monoisotopic (exact) mass is 480 g/mol. The van der Waals surface area contributed by atoms with Crippen molar-refractivity contribution in [2.24, 2.45) is 0 Å². The van der Waals surface area contributed by atoms with Gasteiger partial charge in [0.25, 0.3) is 0 Å². The molecule has 0 fully saturated rings.